The molecule has 0 amide bonds. The number of pyridine rings is 5. The molecule has 0 radical (unpaired) electrons. The monoisotopic (exact) mass is 1920 g/mol. The van der Waals surface area contributed by atoms with Crippen LogP contribution in [0.1, 0.15) is 166 Å². The molecule has 694 valence electrons. The zero-order chi connectivity index (χ0) is 92.4. The van der Waals surface area contributed by atoms with Gasteiger partial charge in [-0.2, -0.15) is 18.3 Å². The average Bonchev–Trinajstić information content (AvgIpc) is 1.65. The van der Waals surface area contributed by atoms with E-state index in [9.17, 15) is 91.5 Å². The van der Waals surface area contributed by atoms with Gasteiger partial charge in [0.15, 0.2) is 97.1 Å². The minimum absolute atomic E-state index is 0.0485. The Bertz CT molecular complexity index is 5490. The zero-order valence-corrected chi connectivity index (χ0v) is 74.2. The molecular formula is C83H94Cl2F3N5O32P4+4. The van der Waals surface area contributed by atoms with Gasteiger partial charge in [-0.3, -0.25) is 78.4 Å². The normalized spacial score (nSPS) is 32.5. The molecule has 0 aliphatic carbocycles. The SMILES string of the molecule is CC(=O)c1ccc[n+]([C@@H]2OC(COP3(=O)OCCC(c4cc(F)cc(F)c4)O3)[C@@H](O)[C@H]2O)c1.CC(=O)c1ccc[n+]([C@@H]2OC(COP3(=O)OCCC(c4ccc(F)c(Cl)c4)O3)[C@@H](O)[C@H]2O)c1.CC(=O)c1ccc[n+]([C@@H]2OC(COP3(=O)OCCC(c4cccc(Cl)c4)O3)[C@@H](O)[C@H]2O)c1.CC(=O)c1ccc[n+]([C@@H]2OC(COP3(=O)OCCC(c4cccnc4)O3)[C@@H](O)[C@H]2O)c1. The number of carbonyl (C=O) groups excluding carboxylic acids is 4. The maximum absolute atomic E-state index is 13.5. The molecule has 0 saturated carbocycles. The van der Waals surface area contributed by atoms with Crippen LogP contribution < -0.4 is 18.3 Å². The van der Waals surface area contributed by atoms with Crippen LogP contribution in [0.2, 0.25) is 10.0 Å². The van der Waals surface area contributed by atoms with Crippen molar-refractivity contribution in [3.05, 3.63) is 255 Å². The molecule has 8 fully saturated rings. The highest BCUT2D eigenvalue weighted by molar-refractivity contribution is 7.49. The molecule has 12 unspecified atom stereocenters. The number of hydrogen-bond donors (Lipinski definition) is 8. The maximum Gasteiger partial charge on any atom is 0.475 e. The van der Waals surface area contributed by atoms with Gasteiger partial charge in [0.2, 0.25) is 0 Å². The molecule has 8 saturated heterocycles. The Morgan fingerprint density at radius 3 is 1.00 bits per heavy atom. The van der Waals surface area contributed by atoms with Crippen LogP contribution in [-0.4, -0.2) is 195 Å². The number of aliphatic hydroxyl groups is 8. The highest BCUT2D eigenvalue weighted by Crippen LogP contribution is 2.61. The molecule has 8 aliphatic heterocycles. The van der Waals surface area contributed by atoms with E-state index in [-0.39, 0.29) is 79.8 Å². The van der Waals surface area contributed by atoms with Gasteiger partial charge < -0.3 is 59.8 Å². The molecule has 8 N–H and O–H groups in total. The Morgan fingerprint density at radius 1 is 0.388 bits per heavy atom. The quantitative estimate of drug-likeness (QED) is 0.0158. The van der Waals surface area contributed by atoms with Crippen molar-refractivity contribution >= 4 is 77.6 Å². The molecule has 129 heavy (non-hydrogen) atoms. The van der Waals surface area contributed by atoms with Crippen molar-refractivity contribution in [3.63, 3.8) is 0 Å². The van der Waals surface area contributed by atoms with Gasteiger partial charge >= 0.3 is 31.3 Å². The second-order valence-corrected chi connectivity index (χ2v) is 38.0. The highest BCUT2D eigenvalue weighted by Gasteiger charge is 2.55. The van der Waals surface area contributed by atoms with Gasteiger partial charge in [-0.25, -0.2) is 31.4 Å². The summed E-state index contributed by atoms with van der Waals surface area (Å²) in [5.41, 5.74) is 3.82. The second kappa shape index (κ2) is 43.6. The van der Waals surface area contributed by atoms with E-state index < -0.39 is 185 Å². The van der Waals surface area contributed by atoms with E-state index in [4.69, 9.17) is 96.4 Å². The number of hydrogen-bond acceptors (Lipinski definition) is 33. The van der Waals surface area contributed by atoms with E-state index in [2.05, 4.69) is 4.98 Å². The zero-order valence-electron chi connectivity index (χ0n) is 69.1. The van der Waals surface area contributed by atoms with Crippen molar-refractivity contribution in [1.29, 1.82) is 0 Å². The molecule has 13 heterocycles. The average molecular weight is 1930 g/mol. The fourth-order valence-corrected chi connectivity index (χ4v) is 20.5. The van der Waals surface area contributed by atoms with Crippen LogP contribution in [0.4, 0.5) is 13.2 Å². The minimum Gasteiger partial charge on any atom is -0.387 e. The predicted molar refractivity (Wildman–Crippen MR) is 436 cm³/mol. The summed E-state index contributed by atoms with van der Waals surface area (Å²) in [4.78, 5) is 50.5. The summed E-state index contributed by atoms with van der Waals surface area (Å²) in [6, 6.07) is 30.5. The lowest BCUT2D eigenvalue weighted by atomic mass is 10.1. The Morgan fingerprint density at radius 2 is 0.698 bits per heavy atom. The van der Waals surface area contributed by atoms with E-state index in [0.717, 1.165) is 23.3 Å². The lowest BCUT2D eigenvalue weighted by molar-refractivity contribution is -0.766. The third-order valence-corrected chi connectivity index (χ3v) is 27.9. The number of aromatic nitrogens is 5. The summed E-state index contributed by atoms with van der Waals surface area (Å²) < 4.78 is 185. The lowest BCUT2D eigenvalue weighted by Crippen LogP contribution is -2.46. The number of nitrogens with zero attached hydrogens (tertiary/aromatic N) is 5. The van der Waals surface area contributed by atoms with Gasteiger partial charge in [0.25, 0.3) is 24.9 Å². The Hall–Kier alpha value is -7.58. The van der Waals surface area contributed by atoms with Crippen molar-refractivity contribution in [2.75, 3.05) is 52.9 Å². The van der Waals surface area contributed by atoms with E-state index in [1.54, 1.807) is 110 Å². The van der Waals surface area contributed by atoms with Crippen molar-refractivity contribution in [1.82, 2.24) is 4.98 Å². The van der Waals surface area contributed by atoms with Gasteiger partial charge in [0.1, 0.15) is 66.3 Å². The predicted octanol–water partition coefficient (Wildman–Crippen LogP) is 9.51. The summed E-state index contributed by atoms with van der Waals surface area (Å²) in [6.45, 7) is 4.49. The maximum atomic E-state index is 13.5. The number of phosphoric ester groups is 4. The summed E-state index contributed by atoms with van der Waals surface area (Å²) in [5.74, 6) is -2.83. The summed E-state index contributed by atoms with van der Waals surface area (Å²) in [7, 11) is -16.0. The van der Waals surface area contributed by atoms with E-state index in [0.29, 0.717) is 58.2 Å². The fraction of sp³-hybridized carbons (Fsp3) is 0.434. The lowest BCUT2D eigenvalue weighted by Gasteiger charge is -2.29. The number of phosphoric acid groups is 4. The third-order valence-electron chi connectivity index (χ3n) is 21.4. The fourth-order valence-electron chi connectivity index (χ4n) is 14.5. The molecule has 8 aliphatic rings. The molecule has 0 bridgehead atoms. The molecular weight excluding hydrogens is 1830 g/mol. The Balaban J connectivity index is 0.000000147. The topological polar surface area (TPSA) is 474 Å². The number of Topliss-reactive ketones (excluding diaryl/α,β-unsaturated/α-hetero) is 4. The molecule has 24 atom stereocenters. The van der Waals surface area contributed by atoms with Crippen LogP contribution in [0, 0.1) is 17.5 Å². The molecule has 5 aromatic heterocycles. The first-order valence-corrected chi connectivity index (χ1v) is 47.0. The van der Waals surface area contributed by atoms with Gasteiger partial charge in [0, 0.05) is 73.4 Å². The second-order valence-electron chi connectivity index (χ2n) is 30.6. The van der Waals surface area contributed by atoms with Crippen LogP contribution in [0.5, 0.6) is 0 Å². The van der Waals surface area contributed by atoms with Gasteiger partial charge in [-0.1, -0.05) is 47.5 Å². The van der Waals surface area contributed by atoms with Crippen LogP contribution in [0.15, 0.2) is 183 Å². The standard InChI is InChI=1S/C21H23ClFNO8P.C21H24ClNO8P.C21H23F2NO8P.C20H24N2O8P/c1-12(25)14-3-2-7-24(10-14)21-20(27)19(26)18(31-21)11-30-33(28)29-8-6-17(32-33)13-4-5-16(23)15(22)9-13;1-13(24)15-5-3-8-23(11-15)21-20(26)19(25)18(30-21)12-29-32(27)28-9-7-17(31-32)14-4-2-6-16(22)10-14;1-12(25)13-3-2-5-24(10-13)21-20(27)19(26)18(31-21)11-30-33(28)29-6-4-17(32-33)14-7-15(22)9-16(23)8-14;1-13(23)15-5-3-8-22(11-15)20-19(25)18(24)17(29-20)12-28-31(26)27-9-6-16(30-31)14-4-2-7-21-10-14/h2-5,7,9-10,17-21,26-27H,6,8,11H2,1H3;2-6,8,10-11,17-21,25-26H,7,9,12H2,1H3;2-3,5,7-10,17-21,26-27H,4,6,11H2,1H3;2-5,7-8,10-11,16-20,24-25H,6,9,12H2,1H3/q4*+1/t17?,18?,19-,20-,21-,33?;17?,18?,19-,20-,21-,32?;17?,18?,19-,20-,21-,33?;16?,17?,18-,19-,20-,31?/m1111/s1. The van der Waals surface area contributed by atoms with Crippen molar-refractivity contribution < 1.29 is 183 Å². The van der Waals surface area contributed by atoms with E-state index in [1.165, 1.54) is 88.9 Å². The number of ether oxygens (including phenoxy) is 4. The van der Waals surface area contributed by atoms with Crippen LogP contribution in [0.25, 0.3) is 0 Å². The molecule has 0 spiro atoms. The van der Waals surface area contributed by atoms with Crippen LogP contribution >= 0.6 is 54.5 Å². The minimum atomic E-state index is -4.15. The summed E-state index contributed by atoms with van der Waals surface area (Å²) in [5, 5.41) is 83.8. The van der Waals surface area contributed by atoms with E-state index >= 15 is 0 Å². The van der Waals surface area contributed by atoms with Gasteiger partial charge in [0.05, 0.1) is 105 Å². The smallest absolute Gasteiger partial charge is 0.387 e. The first kappa shape index (κ1) is 98.9. The number of benzene rings is 3. The summed E-state index contributed by atoms with van der Waals surface area (Å²) in [6.07, 6.45) is -4.10. The number of carbonyl (C=O) groups is 4. The Kier molecular flexibility index (Phi) is 33.4. The van der Waals surface area contributed by atoms with Gasteiger partial charge in [-0.05, 0) is 117 Å². The number of rotatable bonds is 24. The highest BCUT2D eigenvalue weighted by atomic mass is 35.5. The molecule has 37 nitrogen and oxygen atoms in total. The molecule has 8 aromatic rings. The van der Waals surface area contributed by atoms with Gasteiger partial charge in [-0.15, -0.1) is 0 Å². The molecule has 16 rings (SSSR count). The molecule has 3 aromatic carbocycles. The number of halogens is 5. The number of aliphatic hydroxyl groups excluding tert-OH is 8. The number of ketones is 4. The van der Waals surface area contributed by atoms with Crippen LogP contribution in [0.3, 0.4) is 0 Å². The van der Waals surface area contributed by atoms with Crippen molar-refractivity contribution in [3.8, 4) is 0 Å². The first-order chi connectivity index (χ1) is 61.4. The van der Waals surface area contributed by atoms with Crippen LogP contribution in [-0.2, 0) is 91.5 Å². The van der Waals surface area contributed by atoms with E-state index in [1.807, 2.05) is 12.1 Å². The van der Waals surface area contributed by atoms with Crippen molar-refractivity contribution in [2.45, 2.75) is 176 Å². The van der Waals surface area contributed by atoms with Crippen molar-refractivity contribution in [2.24, 2.45) is 0 Å². The largest absolute Gasteiger partial charge is 0.475 e. The Labute approximate surface area is 745 Å². The third kappa shape index (κ3) is 25.1. The summed E-state index contributed by atoms with van der Waals surface area (Å²) >= 11 is 11.8. The molecule has 46 heteroatoms. The first-order valence-electron chi connectivity index (χ1n) is 40.4.